The Labute approximate surface area is 182 Å². The topological polar surface area (TPSA) is 101 Å². The highest BCUT2D eigenvalue weighted by molar-refractivity contribution is 5.86. The molecule has 2 amide bonds. The fourth-order valence-corrected chi connectivity index (χ4v) is 2.62. The maximum absolute atomic E-state index is 11.9. The molecule has 0 fully saturated rings. The van der Waals surface area contributed by atoms with E-state index < -0.39 is 0 Å². The molecule has 2 aromatic carbocycles. The molecule has 0 aliphatic heterocycles. The lowest BCUT2D eigenvalue weighted by Crippen LogP contribution is -2.20. The van der Waals surface area contributed by atoms with Gasteiger partial charge in [0.05, 0.1) is 25.6 Å². The summed E-state index contributed by atoms with van der Waals surface area (Å²) in [7, 11) is 0. The minimum atomic E-state index is -0.271. The molecule has 2 N–H and O–H groups in total. The SMILES string of the molecule is CCOc1ccccc1/C=N/NC(=O)CCCC(=O)N/N=C/c1ccccc1OCC. The van der Waals surface area contributed by atoms with Crippen molar-refractivity contribution in [2.24, 2.45) is 10.2 Å². The van der Waals surface area contributed by atoms with Crippen LogP contribution in [-0.2, 0) is 9.59 Å². The molecule has 8 heteroatoms. The lowest BCUT2D eigenvalue weighted by molar-refractivity contribution is -0.122. The molecule has 2 rings (SSSR count). The third kappa shape index (κ3) is 8.69. The summed E-state index contributed by atoms with van der Waals surface area (Å²) >= 11 is 0. The van der Waals surface area contributed by atoms with Crippen molar-refractivity contribution in [3.63, 3.8) is 0 Å². The van der Waals surface area contributed by atoms with Gasteiger partial charge in [-0.2, -0.15) is 10.2 Å². The summed E-state index contributed by atoms with van der Waals surface area (Å²) in [5.74, 6) is 0.854. The molecule has 31 heavy (non-hydrogen) atoms. The summed E-state index contributed by atoms with van der Waals surface area (Å²) in [6.45, 7) is 4.89. The van der Waals surface area contributed by atoms with E-state index in [4.69, 9.17) is 9.47 Å². The first kappa shape index (κ1) is 23.6. The zero-order valence-corrected chi connectivity index (χ0v) is 17.8. The Bertz CT molecular complexity index is 838. The van der Waals surface area contributed by atoms with Crippen LogP contribution >= 0.6 is 0 Å². The van der Waals surface area contributed by atoms with Crippen molar-refractivity contribution >= 4 is 24.2 Å². The minimum Gasteiger partial charge on any atom is -0.493 e. The zero-order chi connectivity index (χ0) is 22.3. The summed E-state index contributed by atoms with van der Waals surface area (Å²) in [4.78, 5) is 23.8. The van der Waals surface area contributed by atoms with E-state index in [2.05, 4.69) is 21.1 Å². The number of hydrogen-bond acceptors (Lipinski definition) is 6. The van der Waals surface area contributed by atoms with Crippen LogP contribution in [0.25, 0.3) is 0 Å². The van der Waals surface area contributed by atoms with Crippen LogP contribution < -0.4 is 20.3 Å². The fourth-order valence-electron chi connectivity index (χ4n) is 2.62. The van der Waals surface area contributed by atoms with Gasteiger partial charge in [-0.15, -0.1) is 0 Å². The molecular formula is C23H28N4O4. The lowest BCUT2D eigenvalue weighted by atomic mass is 10.2. The molecule has 164 valence electrons. The predicted octanol–water partition coefficient (Wildman–Crippen LogP) is 3.25. The van der Waals surface area contributed by atoms with E-state index in [1.165, 1.54) is 12.4 Å². The standard InChI is InChI=1S/C23H28N4O4/c1-3-30-20-12-7-5-10-18(20)16-24-26-22(28)14-9-15-23(29)27-25-17-19-11-6-8-13-21(19)31-4-2/h5-8,10-13,16-17H,3-4,9,14-15H2,1-2H3,(H,26,28)(H,27,29)/b24-16+,25-17+. The Morgan fingerprint density at radius 2 is 1.19 bits per heavy atom. The Morgan fingerprint density at radius 1 is 0.774 bits per heavy atom. The van der Waals surface area contributed by atoms with Gasteiger partial charge in [-0.3, -0.25) is 9.59 Å². The predicted molar refractivity (Wildman–Crippen MR) is 121 cm³/mol. The Balaban J connectivity index is 1.70. The van der Waals surface area contributed by atoms with Gasteiger partial charge in [0.1, 0.15) is 11.5 Å². The first-order valence-electron chi connectivity index (χ1n) is 10.2. The average Bonchev–Trinajstić information content (AvgIpc) is 2.76. The van der Waals surface area contributed by atoms with E-state index in [0.29, 0.717) is 31.1 Å². The molecule has 0 spiro atoms. The molecule has 8 nitrogen and oxygen atoms in total. The number of para-hydroxylation sites is 2. The van der Waals surface area contributed by atoms with Crippen LogP contribution in [0.3, 0.4) is 0 Å². The number of benzene rings is 2. The first-order chi connectivity index (χ1) is 15.1. The number of hydrogen-bond donors (Lipinski definition) is 2. The summed E-state index contributed by atoms with van der Waals surface area (Å²) < 4.78 is 11.0. The highest BCUT2D eigenvalue weighted by Gasteiger charge is 2.05. The van der Waals surface area contributed by atoms with Crippen molar-refractivity contribution in [2.75, 3.05) is 13.2 Å². The van der Waals surface area contributed by atoms with Crippen LogP contribution in [0, 0.1) is 0 Å². The molecule has 0 aliphatic rings. The van der Waals surface area contributed by atoms with E-state index in [0.717, 1.165) is 11.1 Å². The Morgan fingerprint density at radius 3 is 1.61 bits per heavy atom. The highest BCUT2D eigenvalue weighted by Crippen LogP contribution is 2.16. The number of carbonyl (C=O) groups is 2. The van der Waals surface area contributed by atoms with Crippen LogP contribution in [0.1, 0.15) is 44.2 Å². The van der Waals surface area contributed by atoms with E-state index in [1.54, 1.807) is 0 Å². The Kier molecular flexibility index (Phi) is 10.3. The highest BCUT2D eigenvalue weighted by atomic mass is 16.5. The molecule has 0 unspecified atom stereocenters. The second kappa shape index (κ2) is 13.5. The maximum atomic E-state index is 11.9. The van der Waals surface area contributed by atoms with Gasteiger partial charge in [0.2, 0.25) is 11.8 Å². The van der Waals surface area contributed by atoms with Crippen molar-refractivity contribution in [3.8, 4) is 11.5 Å². The van der Waals surface area contributed by atoms with Gasteiger partial charge < -0.3 is 9.47 Å². The van der Waals surface area contributed by atoms with E-state index in [1.807, 2.05) is 62.4 Å². The lowest BCUT2D eigenvalue weighted by Gasteiger charge is -2.06. The van der Waals surface area contributed by atoms with Gasteiger partial charge in [0, 0.05) is 24.0 Å². The van der Waals surface area contributed by atoms with Crippen molar-refractivity contribution in [3.05, 3.63) is 59.7 Å². The number of hydrazone groups is 2. The number of amides is 2. The van der Waals surface area contributed by atoms with Gasteiger partial charge in [-0.25, -0.2) is 10.9 Å². The van der Waals surface area contributed by atoms with Crippen LogP contribution in [0.4, 0.5) is 0 Å². The molecule has 0 aromatic heterocycles. The van der Waals surface area contributed by atoms with E-state index >= 15 is 0 Å². The van der Waals surface area contributed by atoms with Gasteiger partial charge in [-0.05, 0) is 44.5 Å². The second-order valence-corrected chi connectivity index (χ2v) is 6.38. The third-order valence-corrected chi connectivity index (χ3v) is 4.03. The summed E-state index contributed by atoms with van der Waals surface area (Å²) in [6.07, 6.45) is 3.80. The Hall–Kier alpha value is -3.68. The number of nitrogens with one attached hydrogen (secondary N) is 2. The molecule has 0 atom stereocenters. The van der Waals surface area contributed by atoms with E-state index in [9.17, 15) is 9.59 Å². The third-order valence-electron chi connectivity index (χ3n) is 4.03. The van der Waals surface area contributed by atoms with Crippen LogP contribution in [0.2, 0.25) is 0 Å². The van der Waals surface area contributed by atoms with Gasteiger partial charge in [0.15, 0.2) is 0 Å². The fraction of sp³-hybridized carbons (Fsp3) is 0.304. The van der Waals surface area contributed by atoms with Crippen LogP contribution in [0.5, 0.6) is 11.5 Å². The summed E-state index contributed by atoms with van der Waals surface area (Å²) in [5.41, 5.74) is 6.46. The molecule has 0 saturated carbocycles. The summed E-state index contributed by atoms with van der Waals surface area (Å²) in [6, 6.07) is 14.8. The van der Waals surface area contributed by atoms with Crippen molar-refractivity contribution in [2.45, 2.75) is 33.1 Å². The molecule has 0 saturated heterocycles. The number of carbonyl (C=O) groups excluding carboxylic acids is 2. The molecule has 0 radical (unpaired) electrons. The van der Waals surface area contributed by atoms with Gasteiger partial charge >= 0.3 is 0 Å². The molecule has 0 bridgehead atoms. The van der Waals surface area contributed by atoms with Crippen molar-refractivity contribution in [1.29, 1.82) is 0 Å². The molecular weight excluding hydrogens is 396 g/mol. The van der Waals surface area contributed by atoms with Crippen LogP contribution in [-0.4, -0.2) is 37.5 Å². The molecule has 0 heterocycles. The molecule has 0 aliphatic carbocycles. The van der Waals surface area contributed by atoms with Crippen molar-refractivity contribution in [1.82, 2.24) is 10.9 Å². The van der Waals surface area contributed by atoms with E-state index in [-0.39, 0.29) is 24.7 Å². The maximum Gasteiger partial charge on any atom is 0.240 e. The van der Waals surface area contributed by atoms with Gasteiger partial charge in [-0.1, -0.05) is 24.3 Å². The quantitative estimate of drug-likeness (QED) is 0.403. The summed E-state index contributed by atoms with van der Waals surface area (Å²) in [5, 5.41) is 7.90. The normalized spacial score (nSPS) is 10.9. The van der Waals surface area contributed by atoms with Gasteiger partial charge in [0.25, 0.3) is 0 Å². The largest absolute Gasteiger partial charge is 0.493 e. The number of nitrogens with zero attached hydrogens (tertiary/aromatic N) is 2. The monoisotopic (exact) mass is 424 g/mol. The smallest absolute Gasteiger partial charge is 0.240 e. The zero-order valence-electron chi connectivity index (χ0n) is 17.8. The second-order valence-electron chi connectivity index (χ2n) is 6.38. The van der Waals surface area contributed by atoms with Crippen LogP contribution in [0.15, 0.2) is 58.7 Å². The minimum absolute atomic E-state index is 0.175. The molecule has 2 aromatic rings. The number of rotatable bonds is 12. The number of ether oxygens (including phenoxy) is 2. The van der Waals surface area contributed by atoms with Crippen molar-refractivity contribution < 1.29 is 19.1 Å². The average molecular weight is 425 g/mol. The first-order valence-corrected chi connectivity index (χ1v) is 10.2.